The van der Waals surface area contributed by atoms with Crippen LogP contribution in [0.25, 0.3) is 0 Å². The predicted octanol–water partition coefficient (Wildman–Crippen LogP) is 1.65. The first-order valence-corrected chi connectivity index (χ1v) is 5.80. The first-order chi connectivity index (χ1) is 8.40. The number of carbonyl (C=O) groups excluding carboxylic acids is 1. The Hall–Kier alpha value is -1.59. The summed E-state index contributed by atoms with van der Waals surface area (Å²) in [5, 5.41) is 14.4. The van der Waals surface area contributed by atoms with Crippen molar-refractivity contribution >= 4 is 29.2 Å². The minimum Gasteiger partial charge on any atom is -0.480 e. The van der Waals surface area contributed by atoms with E-state index in [9.17, 15) is 9.59 Å². The van der Waals surface area contributed by atoms with Gasteiger partial charge in [-0.2, -0.15) is 0 Å². The molecule has 0 aromatic heterocycles. The summed E-state index contributed by atoms with van der Waals surface area (Å²) in [6.07, 6.45) is 0. The number of hydrogen-bond acceptors (Lipinski definition) is 3. The Kier molecular flexibility index (Phi) is 5.12. The van der Waals surface area contributed by atoms with Crippen LogP contribution in [0.15, 0.2) is 18.2 Å². The zero-order valence-corrected chi connectivity index (χ0v) is 10.9. The number of benzene rings is 1. The van der Waals surface area contributed by atoms with Crippen LogP contribution in [0.2, 0.25) is 5.02 Å². The molecule has 0 heterocycles. The van der Waals surface area contributed by atoms with Crippen molar-refractivity contribution < 1.29 is 14.7 Å². The highest BCUT2D eigenvalue weighted by Crippen LogP contribution is 2.19. The third kappa shape index (κ3) is 4.35. The lowest BCUT2D eigenvalue weighted by molar-refractivity contribution is -0.139. The fraction of sp³-hybridized carbons (Fsp3) is 0.333. The Morgan fingerprint density at radius 1 is 1.44 bits per heavy atom. The molecule has 5 nitrogen and oxygen atoms in total. The first-order valence-electron chi connectivity index (χ1n) is 5.42. The van der Waals surface area contributed by atoms with Gasteiger partial charge in [-0.05, 0) is 31.5 Å². The molecular formula is C12H15ClN2O3. The number of hydrogen-bond donors (Lipinski definition) is 3. The van der Waals surface area contributed by atoms with Gasteiger partial charge in [0.1, 0.15) is 6.04 Å². The van der Waals surface area contributed by atoms with Gasteiger partial charge in [0.15, 0.2) is 0 Å². The zero-order valence-electron chi connectivity index (χ0n) is 10.2. The lowest BCUT2D eigenvalue weighted by atomic mass is 10.2. The van der Waals surface area contributed by atoms with E-state index in [0.29, 0.717) is 10.7 Å². The molecule has 0 saturated heterocycles. The van der Waals surface area contributed by atoms with E-state index in [1.165, 1.54) is 6.92 Å². The van der Waals surface area contributed by atoms with Crippen molar-refractivity contribution in [3.8, 4) is 0 Å². The molecule has 0 saturated carbocycles. The van der Waals surface area contributed by atoms with Gasteiger partial charge in [-0.1, -0.05) is 17.7 Å². The Balaban J connectivity index is 2.54. The van der Waals surface area contributed by atoms with E-state index in [1.54, 1.807) is 18.2 Å². The van der Waals surface area contributed by atoms with Gasteiger partial charge in [0.2, 0.25) is 5.91 Å². The summed E-state index contributed by atoms with van der Waals surface area (Å²) in [7, 11) is 0. The summed E-state index contributed by atoms with van der Waals surface area (Å²) in [5.41, 5.74) is 1.51. The highest BCUT2D eigenvalue weighted by atomic mass is 35.5. The minimum absolute atomic E-state index is 0.0700. The van der Waals surface area contributed by atoms with Gasteiger partial charge in [0, 0.05) is 10.7 Å². The van der Waals surface area contributed by atoms with Crippen LogP contribution in [0.5, 0.6) is 0 Å². The van der Waals surface area contributed by atoms with Gasteiger partial charge in [-0.15, -0.1) is 0 Å². The second kappa shape index (κ2) is 6.37. The number of carboxylic acids is 1. The molecule has 6 heteroatoms. The number of anilines is 1. The van der Waals surface area contributed by atoms with Gasteiger partial charge in [0.05, 0.1) is 6.54 Å². The van der Waals surface area contributed by atoms with Crippen molar-refractivity contribution in [1.29, 1.82) is 0 Å². The van der Waals surface area contributed by atoms with Crippen molar-refractivity contribution in [2.75, 3.05) is 11.9 Å². The lowest BCUT2D eigenvalue weighted by Gasteiger charge is -2.11. The second-order valence-corrected chi connectivity index (χ2v) is 4.38. The van der Waals surface area contributed by atoms with Crippen LogP contribution in [-0.4, -0.2) is 29.6 Å². The Morgan fingerprint density at radius 2 is 2.11 bits per heavy atom. The minimum atomic E-state index is -0.998. The number of nitrogens with one attached hydrogen (secondary N) is 2. The molecule has 1 aromatic carbocycles. The molecule has 18 heavy (non-hydrogen) atoms. The van der Waals surface area contributed by atoms with Crippen molar-refractivity contribution in [2.45, 2.75) is 19.9 Å². The molecular weight excluding hydrogens is 256 g/mol. The van der Waals surface area contributed by atoms with E-state index in [0.717, 1.165) is 5.56 Å². The maximum atomic E-state index is 11.6. The van der Waals surface area contributed by atoms with E-state index in [-0.39, 0.29) is 12.5 Å². The predicted molar refractivity (Wildman–Crippen MR) is 69.9 cm³/mol. The van der Waals surface area contributed by atoms with E-state index < -0.39 is 12.0 Å². The van der Waals surface area contributed by atoms with Crippen LogP contribution in [0.4, 0.5) is 5.69 Å². The molecule has 0 bridgehead atoms. The fourth-order valence-electron chi connectivity index (χ4n) is 1.26. The normalized spacial score (nSPS) is 11.9. The molecule has 98 valence electrons. The molecule has 0 fully saturated rings. The summed E-state index contributed by atoms with van der Waals surface area (Å²) < 4.78 is 0. The highest BCUT2D eigenvalue weighted by molar-refractivity contribution is 6.31. The van der Waals surface area contributed by atoms with E-state index in [2.05, 4.69) is 10.6 Å². The topological polar surface area (TPSA) is 78.4 Å². The van der Waals surface area contributed by atoms with Gasteiger partial charge in [-0.3, -0.25) is 14.9 Å². The van der Waals surface area contributed by atoms with Crippen LogP contribution in [0, 0.1) is 6.92 Å². The third-order valence-electron chi connectivity index (χ3n) is 2.41. The molecule has 1 amide bonds. The van der Waals surface area contributed by atoms with Gasteiger partial charge >= 0.3 is 5.97 Å². The quantitative estimate of drug-likeness (QED) is 0.760. The number of aliphatic carboxylic acids is 1. The van der Waals surface area contributed by atoms with E-state index >= 15 is 0 Å². The average molecular weight is 271 g/mol. The number of carbonyl (C=O) groups is 2. The average Bonchev–Trinajstić information content (AvgIpc) is 2.30. The lowest BCUT2D eigenvalue weighted by Crippen LogP contribution is -2.39. The maximum absolute atomic E-state index is 11.6. The summed E-state index contributed by atoms with van der Waals surface area (Å²) in [6.45, 7) is 3.25. The number of amides is 1. The molecule has 0 spiro atoms. The second-order valence-electron chi connectivity index (χ2n) is 3.95. The summed E-state index contributed by atoms with van der Waals surface area (Å²) in [6, 6.07) is 4.41. The zero-order chi connectivity index (χ0) is 13.7. The van der Waals surface area contributed by atoms with Crippen molar-refractivity contribution in [3.05, 3.63) is 28.8 Å². The van der Waals surface area contributed by atoms with Crippen LogP contribution in [-0.2, 0) is 9.59 Å². The van der Waals surface area contributed by atoms with Gasteiger partial charge in [0.25, 0.3) is 0 Å². The number of halogens is 1. The monoisotopic (exact) mass is 270 g/mol. The number of rotatable bonds is 5. The van der Waals surface area contributed by atoms with Gasteiger partial charge in [-0.25, -0.2) is 0 Å². The Morgan fingerprint density at radius 3 is 2.72 bits per heavy atom. The Bertz CT molecular complexity index is 463. The number of carboxylic acid groups (broad SMARTS) is 1. The van der Waals surface area contributed by atoms with Crippen LogP contribution in [0.1, 0.15) is 12.5 Å². The van der Waals surface area contributed by atoms with Crippen LogP contribution >= 0.6 is 11.6 Å². The van der Waals surface area contributed by atoms with Crippen LogP contribution in [0.3, 0.4) is 0 Å². The van der Waals surface area contributed by atoms with Gasteiger partial charge < -0.3 is 10.4 Å². The molecule has 3 N–H and O–H groups in total. The summed E-state index contributed by atoms with van der Waals surface area (Å²) >= 11 is 5.82. The maximum Gasteiger partial charge on any atom is 0.320 e. The smallest absolute Gasteiger partial charge is 0.320 e. The summed E-state index contributed by atoms with van der Waals surface area (Å²) in [5.74, 6) is -1.31. The molecule has 1 atom stereocenters. The summed E-state index contributed by atoms with van der Waals surface area (Å²) in [4.78, 5) is 22.2. The number of aryl methyl sites for hydroxylation is 1. The molecule has 0 radical (unpaired) electrons. The Labute approximate surface area is 110 Å². The third-order valence-corrected chi connectivity index (χ3v) is 2.65. The van der Waals surface area contributed by atoms with E-state index in [1.807, 2.05) is 6.92 Å². The molecule has 0 aliphatic rings. The molecule has 1 rings (SSSR count). The molecule has 1 aromatic rings. The van der Waals surface area contributed by atoms with Crippen molar-refractivity contribution in [2.24, 2.45) is 0 Å². The fourth-order valence-corrected chi connectivity index (χ4v) is 1.43. The first kappa shape index (κ1) is 14.5. The van der Waals surface area contributed by atoms with Crippen LogP contribution < -0.4 is 10.6 Å². The van der Waals surface area contributed by atoms with Crippen molar-refractivity contribution in [1.82, 2.24) is 5.32 Å². The SMILES string of the molecule is Cc1ccc(Cl)cc1NC(=O)CN[C@@H](C)C(=O)O. The standard InChI is InChI=1S/C12H15ClN2O3/c1-7-3-4-9(13)5-10(7)15-11(16)6-14-8(2)12(17)18/h3-5,8,14H,6H2,1-2H3,(H,15,16)(H,17,18)/t8-/m0/s1. The molecule has 0 unspecified atom stereocenters. The van der Waals surface area contributed by atoms with E-state index in [4.69, 9.17) is 16.7 Å². The molecule has 0 aliphatic heterocycles. The van der Waals surface area contributed by atoms with Crippen molar-refractivity contribution in [3.63, 3.8) is 0 Å². The highest BCUT2D eigenvalue weighted by Gasteiger charge is 2.12. The molecule has 0 aliphatic carbocycles. The largest absolute Gasteiger partial charge is 0.480 e.